The molecule has 0 aromatic heterocycles. The van der Waals surface area contributed by atoms with Crippen molar-refractivity contribution >= 4 is 28.3 Å². The summed E-state index contributed by atoms with van der Waals surface area (Å²) in [6.07, 6.45) is 1.67. The number of benzene rings is 1. The smallest absolute Gasteiger partial charge is 0.274 e. The second-order valence-corrected chi connectivity index (χ2v) is 4.52. The Balaban J connectivity index is 2.66. The topological polar surface area (TPSA) is 69.2 Å². The zero-order valence-electron chi connectivity index (χ0n) is 7.37. The highest BCUT2D eigenvalue weighted by molar-refractivity contribution is 14.1. The number of nitrogens with two attached hydrogens (primary N) is 1. The molecule has 1 aliphatic rings. The highest BCUT2D eigenvalue weighted by Crippen LogP contribution is 2.38. The Morgan fingerprint density at radius 2 is 2.29 bits per heavy atom. The summed E-state index contributed by atoms with van der Waals surface area (Å²) in [4.78, 5) is 10.4. The lowest BCUT2D eigenvalue weighted by Crippen LogP contribution is -2.08. The molecular weight excluding hydrogens is 295 g/mol. The van der Waals surface area contributed by atoms with E-state index in [0.717, 1.165) is 27.5 Å². The number of hydrogen-bond acceptors (Lipinski definition) is 3. The number of rotatable bonds is 1. The highest BCUT2D eigenvalue weighted by atomic mass is 127. The van der Waals surface area contributed by atoms with E-state index in [1.165, 1.54) is 0 Å². The Morgan fingerprint density at radius 1 is 1.57 bits per heavy atom. The van der Waals surface area contributed by atoms with Gasteiger partial charge in [-0.05, 0) is 47.1 Å². The van der Waals surface area contributed by atoms with Gasteiger partial charge in [0, 0.05) is 15.7 Å². The maximum atomic E-state index is 10.8. The predicted molar refractivity (Wildman–Crippen MR) is 61.1 cm³/mol. The molecule has 1 aliphatic carbocycles. The molecule has 0 radical (unpaired) electrons. The van der Waals surface area contributed by atoms with Crippen LogP contribution in [0.1, 0.15) is 23.6 Å². The van der Waals surface area contributed by atoms with Gasteiger partial charge in [-0.3, -0.25) is 10.1 Å². The van der Waals surface area contributed by atoms with Gasteiger partial charge in [-0.15, -0.1) is 0 Å². The first-order chi connectivity index (χ1) is 6.61. The minimum absolute atomic E-state index is 0.167. The molecule has 0 spiro atoms. The van der Waals surface area contributed by atoms with Crippen LogP contribution in [-0.4, -0.2) is 4.92 Å². The van der Waals surface area contributed by atoms with Gasteiger partial charge in [-0.2, -0.15) is 0 Å². The summed E-state index contributed by atoms with van der Waals surface area (Å²) in [6, 6.07) is 3.17. The van der Waals surface area contributed by atoms with Gasteiger partial charge >= 0.3 is 0 Å². The van der Waals surface area contributed by atoms with Crippen LogP contribution >= 0.6 is 22.6 Å². The van der Waals surface area contributed by atoms with E-state index in [9.17, 15) is 10.1 Å². The predicted octanol–water partition coefficient (Wildman–Crippen LogP) is 2.15. The average molecular weight is 304 g/mol. The highest BCUT2D eigenvalue weighted by Gasteiger charge is 2.29. The van der Waals surface area contributed by atoms with Crippen LogP contribution in [0.15, 0.2) is 12.1 Å². The maximum Gasteiger partial charge on any atom is 0.274 e. The van der Waals surface area contributed by atoms with Gasteiger partial charge in [0.1, 0.15) is 0 Å². The van der Waals surface area contributed by atoms with Gasteiger partial charge in [0.05, 0.1) is 10.5 Å². The number of nitro groups is 1. The van der Waals surface area contributed by atoms with Crippen LogP contribution in [0.2, 0.25) is 0 Å². The van der Waals surface area contributed by atoms with E-state index in [4.69, 9.17) is 5.73 Å². The van der Waals surface area contributed by atoms with Gasteiger partial charge in [0.25, 0.3) is 5.69 Å². The number of fused-ring (bicyclic) bond motifs is 1. The lowest BCUT2D eigenvalue weighted by molar-refractivity contribution is -0.385. The molecule has 2 rings (SSSR count). The van der Waals surface area contributed by atoms with Crippen molar-refractivity contribution in [1.29, 1.82) is 0 Å². The molecule has 1 aromatic carbocycles. The van der Waals surface area contributed by atoms with E-state index in [-0.39, 0.29) is 16.7 Å². The zero-order valence-corrected chi connectivity index (χ0v) is 9.52. The third kappa shape index (κ3) is 1.40. The van der Waals surface area contributed by atoms with Crippen molar-refractivity contribution in [3.63, 3.8) is 0 Å². The van der Waals surface area contributed by atoms with Gasteiger partial charge in [-0.1, -0.05) is 0 Å². The van der Waals surface area contributed by atoms with Crippen LogP contribution in [0, 0.1) is 13.7 Å². The van der Waals surface area contributed by atoms with Crippen LogP contribution in [0.5, 0.6) is 0 Å². The van der Waals surface area contributed by atoms with E-state index in [1.807, 2.05) is 0 Å². The van der Waals surface area contributed by atoms with Crippen molar-refractivity contribution in [2.24, 2.45) is 5.73 Å². The minimum Gasteiger partial charge on any atom is -0.324 e. The fourth-order valence-electron chi connectivity index (χ4n) is 1.90. The van der Waals surface area contributed by atoms with E-state index in [0.29, 0.717) is 0 Å². The molecule has 1 aromatic rings. The van der Waals surface area contributed by atoms with Gasteiger partial charge in [-0.25, -0.2) is 0 Å². The minimum atomic E-state index is -0.347. The van der Waals surface area contributed by atoms with Crippen molar-refractivity contribution < 1.29 is 4.92 Å². The van der Waals surface area contributed by atoms with E-state index >= 15 is 0 Å². The Labute approximate surface area is 94.8 Å². The zero-order chi connectivity index (χ0) is 10.3. The van der Waals surface area contributed by atoms with Crippen molar-refractivity contribution in [2.45, 2.75) is 18.9 Å². The number of nitrogens with zero attached hydrogens (tertiary/aromatic N) is 1. The summed E-state index contributed by atoms with van der Waals surface area (Å²) in [5.74, 6) is 0. The first-order valence-corrected chi connectivity index (χ1v) is 5.40. The number of nitro benzene ring substituents is 1. The lowest BCUT2D eigenvalue weighted by atomic mass is 10.1. The summed E-state index contributed by atoms with van der Waals surface area (Å²) >= 11 is 2.20. The van der Waals surface area contributed by atoms with Gasteiger partial charge in [0.15, 0.2) is 0 Å². The fourth-order valence-corrected chi connectivity index (χ4v) is 2.64. The van der Waals surface area contributed by atoms with Crippen LogP contribution in [-0.2, 0) is 6.42 Å². The molecule has 2 N–H and O–H groups in total. The molecule has 0 saturated carbocycles. The molecule has 0 fully saturated rings. The van der Waals surface area contributed by atoms with Crippen LogP contribution < -0.4 is 5.73 Å². The molecule has 0 amide bonds. The molecule has 0 aliphatic heterocycles. The SMILES string of the molecule is N[C@@H]1CCc2c(I)ccc([N+](=O)[O-])c21. The fraction of sp³-hybridized carbons (Fsp3) is 0.333. The maximum absolute atomic E-state index is 10.8. The largest absolute Gasteiger partial charge is 0.324 e. The first-order valence-electron chi connectivity index (χ1n) is 4.32. The molecule has 0 unspecified atom stereocenters. The molecule has 1 atom stereocenters. The first kappa shape index (κ1) is 9.85. The van der Waals surface area contributed by atoms with Crippen molar-refractivity contribution in [3.05, 3.63) is 36.9 Å². The van der Waals surface area contributed by atoms with Crippen LogP contribution in [0.3, 0.4) is 0 Å². The van der Waals surface area contributed by atoms with E-state index < -0.39 is 0 Å². The second-order valence-electron chi connectivity index (χ2n) is 3.36. The Hall–Kier alpha value is -0.690. The normalized spacial score (nSPS) is 19.4. The Bertz CT molecular complexity index is 406. The molecule has 0 bridgehead atoms. The van der Waals surface area contributed by atoms with Gasteiger partial charge < -0.3 is 5.73 Å². The molecule has 14 heavy (non-hydrogen) atoms. The summed E-state index contributed by atoms with van der Waals surface area (Å²) in [5, 5.41) is 10.8. The van der Waals surface area contributed by atoms with Crippen molar-refractivity contribution in [2.75, 3.05) is 0 Å². The lowest BCUT2D eigenvalue weighted by Gasteiger charge is -2.06. The standard InChI is InChI=1S/C9H9IN2O2/c10-6-2-4-8(12(13)14)9-5(6)1-3-7(9)11/h2,4,7H,1,3,11H2/t7-/m1/s1. The summed E-state index contributed by atoms with van der Waals surface area (Å²) < 4.78 is 1.08. The molecular formula is C9H9IN2O2. The van der Waals surface area contributed by atoms with Crippen LogP contribution in [0.4, 0.5) is 5.69 Å². The Kier molecular flexibility index (Phi) is 2.44. The van der Waals surface area contributed by atoms with Crippen LogP contribution in [0.25, 0.3) is 0 Å². The molecule has 4 nitrogen and oxygen atoms in total. The quantitative estimate of drug-likeness (QED) is 0.491. The third-order valence-corrected chi connectivity index (χ3v) is 3.56. The van der Waals surface area contributed by atoms with E-state index in [2.05, 4.69) is 22.6 Å². The average Bonchev–Trinajstić information content (AvgIpc) is 2.50. The summed E-state index contributed by atoms with van der Waals surface area (Å²) in [7, 11) is 0. The number of halogens is 1. The molecule has 0 saturated heterocycles. The molecule has 74 valence electrons. The Morgan fingerprint density at radius 3 is 2.93 bits per heavy atom. The third-order valence-electron chi connectivity index (χ3n) is 2.55. The summed E-state index contributed by atoms with van der Waals surface area (Å²) in [5.41, 5.74) is 7.82. The molecule has 5 heteroatoms. The monoisotopic (exact) mass is 304 g/mol. The second kappa shape index (κ2) is 3.47. The van der Waals surface area contributed by atoms with E-state index in [1.54, 1.807) is 12.1 Å². The van der Waals surface area contributed by atoms with Crippen molar-refractivity contribution in [1.82, 2.24) is 0 Å². The summed E-state index contributed by atoms with van der Waals surface area (Å²) in [6.45, 7) is 0. The van der Waals surface area contributed by atoms with Gasteiger partial charge in [0.2, 0.25) is 0 Å². The van der Waals surface area contributed by atoms with Crippen molar-refractivity contribution in [3.8, 4) is 0 Å². The molecule has 0 heterocycles. The number of hydrogen-bond donors (Lipinski definition) is 1.